The molecule has 2 amide bonds. The molecule has 1 aromatic carbocycles. The Morgan fingerprint density at radius 3 is 2.42 bits per heavy atom. The molecule has 138 valence electrons. The molecular weight excluding hydrogens is 354 g/mol. The Morgan fingerprint density at radius 1 is 1.19 bits per heavy atom. The predicted molar refractivity (Wildman–Crippen MR) is 101 cm³/mol. The van der Waals surface area contributed by atoms with Crippen LogP contribution in [0.5, 0.6) is 11.5 Å². The van der Waals surface area contributed by atoms with Gasteiger partial charge in [0.25, 0.3) is 5.91 Å². The van der Waals surface area contributed by atoms with Crippen LogP contribution in [0, 0.1) is 0 Å². The third-order valence-electron chi connectivity index (χ3n) is 3.78. The third kappa shape index (κ3) is 4.53. The van der Waals surface area contributed by atoms with Crippen molar-refractivity contribution in [2.45, 2.75) is 25.8 Å². The summed E-state index contributed by atoms with van der Waals surface area (Å²) in [5.41, 5.74) is 6.63. The number of benzene rings is 1. The van der Waals surface area contributed by atoms with Gasteiger partial charge in [0.1, 0.15) is 13.2 Å². The third-order valence-corrected chi connectivity index (χ3v) is 4.64. The fourth-order valence-electron chi connectivity index (χ4n) is 2.46. The molecule has 1 aliphatic heterocycles. The largest absolute Gasteiger partial charge is 0.486 e. The van der Waals surface area contributed by atoms with E-state index in [2.05, 4.69) is 10.6 Å². The molecule has 0 radical (unpaired) electrons. The van der Waals surface area contributed by atoms with Crippen molar-refractivity contribution in [3.63, 3.8) is 0 Å². The zero-order chi connectivity index (χ0) is 18.5. The van der Waals surface area contributed by atoms with E-state index in [1.165, 1.54) is 11.3 Å². The van der Waals surface area contributed by atoms with Crippen molar-refractivity contribution in [3.05, 3.63) is 34.5 Å². The van der Waals surface area contributed by atoms with Crippen LogP contribution < -0.4 is 25.8 Å². The van der Waals surface area contributed by atoms with Crippen LogP contribution >= 0.6 is 11.3 Å². The first-order valence-electron chi connectivity index (χ1n) is 8.37. The standard InChI is InChI=1S/C18H21N3O4S/c1-11(19)4-5-17(22)20-12-9-14-15(25-7-6-24-14)10-13(12)21-18(23)16-3-2-8-26-16/h2-3,8-11H,4-7,19H2,1H3,(H,20,22)(H,21,23). The van der Waals surface area contributed by atoms with Crippen LogP contribution in [-0.2, 0) is 4.79 Å². The average molecular weight is 375 g/mol. The highest BCUT2D eigenvalue weighted by atomic mass is 32.1. The minimum atomic E-state index is -0.247. The first-order valence-corrected chi connectivity index (χ1v) is 9.25. The number of amides is 2. The van der Waals surface area contributed by atoms with Gasteiger partial charge in [-0.05, 0) is 24.8 Å². The van der Waals surface area contributed by atoms with Crippen LogP contribution in [0.2, 0.25) is 0 Å². The molecule has 4 N–H and O–H groups in total. The Balaban J connectivity index is 1.83. The fourth-order valence-corrected chi connectivity index (χ4v) is 3.08. The highest BCUT2D eigenvalue weighted by Crippen LogP contribution is 2.38. The van der Waals surface area contributed by atoms with E-state index in [9.17, 15) is 9.59 Å². The average Bonchev–Trinajstić information content (AvgIpc) is 3.15. The highest BCUT2D eigenvalue weighted by Gasteiger charge is 2.19. The van der Waals surface area contributed by atoms with E-state index < -0.39 is 0 Å². The van der Waals surface area contributed by atoms with Gasteiger partial charge < -0.3 is 25.8 Å². The Morgan fingerprint density at radius 2 is 1.85 bits per heavy atom. The van der Waals surface area contributed by atoms with Gasteiger partial charge in [-0.3, -0.25) is 9.59 Å². The van der Waals surface area contributed by atoms with Crippen LogP contribution in [0.3, 0.4) is 0 Å². The summed E-state index contributed by atoms with van der Waals surface area (Å²) in [6.45, 7) is 2.72. The lowest BCUT2D eigenvalue weighted by Crippen LogP contribution is -2.21. The maximum atomic E-state index is 12.4. The zero-order valence-corrected chi connectivity index (χ0v) is 15.2. The molecule has 1 atom stereocenters. The molecule has 3 rings (SSSR count). The van der Waals surface area contributed by atoms with E-state index in [1.54, 1.807) is 24.3 Å². The molecule has 0 aliphatic carbocycles. The number of rotatable bonds is 6. The van der Waals surface area contributed by atoms with Crippen LogP contribution in [0.15, 0.2) is 29.6 Å². The summed E-state index contributed by atoms with van der Waals surface area (Å²) in [6.07, 6.45) is 0.873. The monoisotopic (exact) mass is 375 g/mol. The summed E-state index contributed by atoms with van der Waals surface area (Å²) >= 11 is 1.34. The molecule has 1 aromatic heterocycles. The van der Waals surface area contributed by atoms with Crippen molar-refractivity contribution in [1.29, 1.82) is 0 Å². The van der Waals surface area contributed by atoms with Gasteiger partial charge in [-0.2, -0.15) is 0 Å². The molecule has 0 bridgehead atoms. The van der Waals surface area contributed by atoms with Gasteiger partial charge in [0.2, 0.25) is 5.91 Å². The molecule has 7 nitrogen and oxygen atoms in total. The summed E-state index contributed by atoms with van der Waals surface area (Å²) < 4.78 is 11.1. The SMILES string of the molecule is CC(N)CCC(=O)Nc1cc2c(cc1NC(=O)c1cccs1)OCCO2. The molecule has 1 aliphatic rings. The highest BCUT2D eigenvalue weighted by molar-refractivity contribution is 7.12. The van der Waals surface area contributed by atoms with Crippen LogP contribution in [0.4, 0.5) is 11.4 Å². The van der Waals surface area contributed by atoms with Crippen molar-refractivity contribution < 1.29 is 19.1 Å². The molecule has 0 saturated heterocycles. The Bertz CT molecular complexity index is 790. The summed E-state index contributed by atoms with van der Waals surface area (Å²) in [5.74, 6) is 0.646. The molecule has 0 saturated carbocycles. The van der Waals surface area contributed by atoms with Gasteiger partial charge in [0, 0.05) is 24.6 Å². The Labute approximate surface area is 155 Å². The van der Waals surface area contributed by atoms with Gasteiger partial charge in [0.15, 0.2) is 11.5 Å². The number of fused-ring (bicyclic) bond motifs is 1. The van der Waals surface area contributed by atoms with Crippen LogP contribution in [-0.4, -0.2) is 31.1 Å². The van der Waals surface area contributed by atoms with Crippen molar-refractivity contribution in [2.75, 3.05) is 23.8 Å². The van der Waals surface area contributed by atoms with E-state index in [4.69, 9.17) is 15.2 Å². The molecule has 0 fully saturated rings. The smallest absolute Gasteiger partial charge is 0.265 e. The van der Waals surface area contributed by atoms with E-state index >= 15 is 0 Å². The summed E-state index contributed by atoms with van der Waals surface area (Å²) in [4.78, 5) is 25.2. The second kappa shape index (κ2) is 8.20. The summed E-state index contributed by atoms with van der Waals surface area (Å²) in [5, 5.41) is 7.48. The number of nitrogens with two attached hydrogens (primary N) is 1. The van der Waals surface area contributed by atoms with Gasteiger partial charge >= 0.3 is 0 Å². The molecular formula is C18H21N3O4S. The van der Waals surface area contributed by atoms with Crippen LogP contribution in [0.1, 0.15) is 29.4 Å². The predicted octanol–water partition coefficient (Wildman–Crippen LogP) is 2.84. The van der Waals surface area contributed by atoms with Crippen molar-refractivity contribution in [1.82, 2.24) is 0 Å². The lowest BCUT2D eigenvalue weighted by Gasteiger charge is -2.21. The molecule has 2 aromatic rings. The second-order valence-corrected chi connectivity index (χ2v) is 6.98. The Hall–Kier alpha value is -2.58. The quantitative estimate of drug-likeness (QED) is 0.720. The minimum Gasteiger partial charge on any atom is -0.486 e. The van der Waals surface area contributed by atoms with Crippen molar-refractivity contribution in [2.24, 2.45) is 5.73 Å². The lowest BCUT2D eigenvalue weighted by molar-refractivity contribution is -0.116. The van der Waals surface area contributed by atoms with Gasteiger partial charge in [-0.1, -0.05) is 6.07 Å². The van der Waals surface area contributed by atoms with Gasteiger partial charge in [-0.25, -0.2) is 0 Å². The molecule has 1 unspecified atom stereocenters. The number of carbonyl (C=O) groups is 2. The van der Waals surface area contributed by atoms with Crippen molar-refractivity contribution in [3.8, 4) is 11.5 Å². The minimum absolute atomic E-state index is 0.0565. The van der Waals surface area contributed by atoms with Gasteiger partial charge in [0.05, 0.1) is 16.3 Å². The number of hydrogen-bond acceptors (Lipinski definition) is 6. The molecule has 26 heavy (non-hydrogen) atoms. The number of nitrogens with one attached hydrogen (secondary N) is 2. The van der Waals surface area contributed by atoms with Crippen LogP contribution in [0.25, 0.3) is 0 Å². The number of ether oxygens (including phenoxy) is 2. The van der Waals surface area contributed by atoms with E-state index in [-0.39, 0.29) is 17.9 Å². The fraction of sp³-hybridized carbons (Fsp3) is 0.333. The van der Waals surface area contributed by atoms with E-state index in [0.717, 1.165) is 0 Å². The topological polar surface area (TPSA) is 103 Å². The zero-order valence-electron chi connectivity index (χ0n) is 14.4. The number of thiophene rings is 1. The first-order chi connectivity index (χ1) is 12.5. The summed E-state index contributed by atoms with van der Waals surface area (Å²) in [7, 11) is 0. The maximum absolute atomic E-state index is 12.4. The number of hydrogen-bond donors (Lipinski definition) is 3. The molecule has 2 heterocycles. The first kappa shape index (κ1) is 18.2. The van der Waals surface area contributed by atoms with Crippen molar-refractivity contribution >= 4 is 34.5 Å². The maximum Gasteiger partial charge on any atom is 0.265 e. The normalized spacial score (nSPS) is 13.8. The molecule has 0 spiro atoms. The number of carbonyl (C=O) groups excluding carboxylic acids is 2. The number of anilines is 2. The van der Waals surface area contributed by atoms with E-state index in [0.29, 0.717) is 53.8 Å². The Kier molecular flexibility index (Phi) is 5.75. The summed E-state index contributed by atoms with van der Waals surface area (Å²) in [6, 6.07) is 6.82. The van der Waals surface area contributed by atoms with Gasteiger partial charge in [-0.15, -0.1) is 11.3 Å². The molecule has 8 heteroatoms. The van der Waals surface area contributed by atoms with E-state index in [1.807, 2.05) is 12.3 Å². The second-order valence-electron chi connectivity index (χ2n) is 6.04. The lowest BCUT2D eigenvalue weighted by atomic mass is 10.1.